The normalized spacial score (nSPS) is 14.5. The predicted octanol–water partition coefficient (Wildman–Crippen LogP) is 4.58. The first-order chi connectivity index (χ1) is 10.2. The number of amides is 1. The van der Waals surface area contributed by atoms with Crippen molar-refractivity contribution in [1.82, 2.24) is 0 Å². The largest absolute Gasteiger partial charge is 0.308 e. The molecule has 3 heteroatoms. The third kappa shape index (κ3) is 2.98. The smallest absolute Gasteiger partial charge is 0.258 e. The Morgan fingerprint density at radius 1 is 1.14 bits per heavy atom. The summed E-state index contributed by atoms with van der Waals surface area (Å²) in [4.78, 5) is 14.8. The second-order valence-electron chi connectivity index (χ2n) is 5.51. The summed E-state index contributed by atoms with van der Waals surface area (Å²) in [6.07, 6.45) is 3.26. The fourth-order valence-corrected chi connectivity index (χ4v) is 3.30. The Balaban J connectivity index is 1.99. The fraction of sp³-hybridized carbons (Fsp3) is 0.278. The molecule has 0 aromatic heterocycles. The maximum Gasteiger partial charge on any atom is 0.258 e. The van der Waals surface area contributed by atoms with E-state index in [1.54, 1.807) is 0 Å². The molecule has 0 atom stereocenters. The molecule has 2 aromatic rings. The molecule has 0 saturated carbocycles. The van der Waals surface area contributed by atoms with Gasteiger partial charge in [-0.25, -0.2) is 0 Å². The molecule has 21 heavy (non-hydrogen) atoms. The lowest BCUT2D eigenvalue weighted by atomic mass is 10.1. The molecule has 2 aromatic carbocycles. The minimum atomic E-state index is 0.113. The van der Waals surface area contributed by atoms with Gasteiger partial charge >= 0.3 is 0 Å². The number of nitrogens with zero attached hydrogens (tertiary/aromatic N) is 1. The van der Waals surface area contributed by atoms with E-state index in [1.165, 1.54) is 11.1 Å². The molecule has 0 aliphatic carbocycles. The molecule has 2 nitrogen and oxygen atoms in total. The zero-order valence-corrected chi connectivity index (χ0v) is 14.3. The molecule has 0 fully saturated rings. The first kappa shape index (κ1) is 14.6. The summed E-state index contributed by atoms with van der Waals surface area (Å²) in [6, 6.07) is 14.2. The van der Waals surface area contributed by atoms with Gasteiger partial charge in [-0.1, -0.05) is 24.3 Å². The molecule has 108 valence electrons. The lowest BCUT2D eigenvalue weighted by Gasteiger charge is -2.23. The van der Waals surface area contributed by atoms with Crippen LogP contribution in [-0.4, -0.2) is 12.5 Å². The first-order valence-corrected chi connectivity index (χ1v) is 8.40. The first-order valence-electron chi connectivity index (χ1n) is 7.33. The number of anilines is 1. The van der Waals surface area contributed by atoms with Crippen LogP contribution >= 0.6 is 22.6 Å². The van der Waals surface area contributed by atoms with Gasteiger partial charge in [-0.15, -0.1) is 0 Å². The number of fused-ring (bicyclic) bond motifs is 1. The molecule has 0 unspecified atom stereocenters. The number of halogens is 1. The summed E-state index contributed by atoms with van der Waals surface area (Å²) >= 11 is 2.29. The highest BCUT2D eigenvalue weighted by molar-refractivity contribution is 14.1. The molecular weight excluding hydrogens is 373 g/mol. The molecule has 3 rings (SSSR count). The van der Waals surface area contributed by atoms with Crippen molar-refractivity contribution in [2.24, 2.45) is 0 Å². The van der Waals surface area contributed by atoms with E-state index in [2.05, 4.69) is 47.7 Å². The number of benzene rings is 2. The van der Waals surface area contributed by atoms with Crippen LogP contribution in [0.2, 0.25) is 0 Å². The highest BCUT2D eigenvalue weighted by Gasteiger charge is 2.22. The Morgan fingerprint density at radius 2 is 1.95 bits per heavy atom. The zero-order chi connectivity index (χ0) is 14.8. The molecule has 0 spiro atoms. The van der Waals surface area contributed by atoms with E-state index in [1.807, 2.05) is 29.2 Å². The number of rotatable bonds is 1. The molecular formula is C18H18INO. The van der Waals surface area contributed by atoms with E-state index in [9.17, 15) is 4.79 Å². The van der Waals surface area contributed by atoms with E-state index in [4.69, 9.17) is 0 Å². The molecule has 0 saturated heterocycles. The fourth-order valence-electron chi connectivity index (χ4n) is 2.78. The van der Waals surface area contributed by atoms with E-state index >= 15 is 0 Å². The van der Waals surface area contributed by atoms with Gasteiger partial charge in [-0.2, -0.15) is 0 Å². The average Bonchev–Trinajstić information content (AvgIpc) is 2.71. The van der Waals surface area contributed by atoms with Crippen molar-refractivity contribution in [2.45, 2.75) is 26.2 Å². The van der Waals surface area contributed by atoms with Gasteiger partial charge in [0, 0.05) is 21.4 Å². The van der Waals surface area contributed by atoms with Crippen LogP contribution in [0, 0.1) is 10.5 Å². The van der Waals surface area contributed by atoms with Crippen LogP contribution in [0.3, 0.4) is 0 Å². The van der Waals surface area contributed by atoms with Crippen molar-refractivity contribution in [3.05, 3.63) is 62.7 Å². The number of hydrogen-bond donors (Lipinski definition) is 0. The van der Waals surface area contributed by atoms with Crippen molar-refractivity contribution in [3.63, 3.8) is 0 Å². The van der Waals surface area contributed by atoms with Crippen LogP contribution in [0.1, 0.15) is 34.3 Å². The van der Waals surface area contributed by atoms with Crippen LogP contribution in [0.4, 0.5) is 5.69 Å². The highest BCUT2D eigenvalue weighted by atomic mass is 127. The van der Waals surface area contributed by atoms with Crippen molar-refractivity contribution >= 4 is 34.2 Å². The number of carbonyl (C=O) groups is 1. The Morgan fingerprint density at radius 3 is 2.76 bits per heavy atom. The van der Waals surface area contributed by atoms with Gasteiger partial charge in [0.1, 0.15) is 0 Å². The number of hydrogen-bond acceptors (Lipinski definition) is 1. The van der Waals surface area contributed by atoms with Crippen LogP contribution < -0.4 is 4.90 Å². The van der Waals surface area contributed by atoms with Gasteiger partial charge in [-0.05, 0) is 78.1 Å². The SMILES string of the molecule is Cc1ccc(C(=O)N2CCCCc3ccccc32)cc1I. The molecule has 1 aliphatic heterocycles. The predicted molar refractivity (Wildman–Crippen MR) is 95.0 cm³/mol. The minimum Gasteiger partial charge on any atom is -0.308 e. The van der Waals surface area contributed by atoms with E-state index in [0.29, 0.717) is 0 Å². The Kier molecular flexibility index (Phi) is 4.29. The molecule has 0 bridgehead atoms. The molecule has 1 aliphatic rings. The van der Waals surface area contributed by atoms with E-state index in [-0.39, 0.29) is 5.91 Å². The van der Waals surface area contributed by atoms with Crippen LogP contribution in [0.25, 0.3) is 0 Å². The third-order valence-corrected chi connectivity index (χ3v) is 5.19. The second kappa shape index (κ2) is 6.18. The number of carbonyl (C=O) groups excluding carboxylic acids is 1. The molecule has 1 heterocycles. The summed E-state index contributed by atoms with van der Waals surface area (Å²) in [5.74, 6) is 0.113. The Labute approximate surface area is 139 Å². The average molecular weight is 391 g/mol. The van der Waals surface area contributed by atoms with Gasteiger partial charge in [0.2, 0.25) is 0 Å². The van der Waals surface area contributed by atoms with Gasteiger partial charge in [0.15, 0.2) is 0 Å². The van der Waals surface area contributed by atoms with Gasteiger partial charge < -0.3 is 4.90 Å². The van der Waals surface area contributed by atoms with Crippen LogP contribution in [0.15, 0.2) is 42.5 Å². The van der Waals surface area contributed by atoms with Gasteiger partial charge in [0.25, 0.3) is 5.91 Å². The van der Waals surface area contributed by atoms with Gasteiger partial charge in [0.05, 0.1) is 0 Å². The molecule has 1 amide bonds. The monoisotopic (exact) mass is 391 g/mol. The summed E-state index contributed by atoms with van der Waals surface area (Å²) in [5, 5.41) is 0. The maximum atomic E-state index is 12.9. The van der Waals surface area contributed by atoms with Crippen molar-refractivity contribution in [2.75, 3.05) is 11.4 Å². The van der Waals surface area contributed by atoms with Crippen LogP contribution in [-0.2, 0) is 6.42 Å². The summed E-state index contributed by atoms with van der Waals surface area (Å²) in [7, 11) is 0. The van der Waals surface area contributed by atoms with Crippen molar-refractivity contribution < 1.29 is 4.79 Å². The summed E-state index contributed by atoms with van der Waals surface area (Å²) in [6.45, 7) is 2.87. The quantitative estimate of drug-likeness (QED) is 0.652. The van der Waals surface area contributed by atoms with Gasteiger partial charge in [-0.3, -0.25) is 4.79 Å². The molecule has 0 radical (unpaired) electrons. The van der Waals surface area contributed by atoms with Crippen LogP contribution in [0.5, 0.6) is 0 Å². The zero-order valence-electron chi connectivity index (χ0n) is 12.1. The Hall–Kier alpha value is -1.36. The number of aryl methyl sites for hydroxylation is 2. The Bertz CT molecular complexity index is 681. The van der Waals surface area contributed by atoms with E-state index < -0.39 is 0 Å². The summed E-state index contributed by atoms with van der Waals surface area (Å²) < 4.78 is 1.14. The second-order valence-corrected chi connectivity index (χ2v) is 6.67. The maximum absolute atomic E-state index is 12.9. The van der Waals surface area contributed by atoms with E-state index in [0.717, 1.165) is 40.6 Å². The highest BCUT2D eigenvalue weighted by Crippen LogP contribution is 2.28. The van der Waals surface area contributed by atoms with Crippen molar-refractivity contribution in [3.8, 4) is 0 Å². The number of para-hydroxylation sites is 1. The molecule has 0 N–H and O–H groups in total. The minimum absolute atomic E-state index is 0.113. The summed E-state index contributed by atoms with van der Waals surface area (Å²) in [5.41, 5.74) is 4.35. The standard InChI is InChI=1S/C18H18INO/c1-13-9-10-15(12-16(13)19)18(21)20-11-5-4-7-14-6-2-3-8-17(14)20/h2-3,6,8-10,12H,4-5,7,11H2,1H3. The van der Waals surface area contributed by atoms with Crippen molar-refractivity contribution in [1.29, 1.82) is 0 Å². The lowest BCUT2D eigenvalue weighted by molar-refractivity contribution is 0.0987. The third-order valence-electron chi connectivity index (χ3n) is 4.02. The topological polar surface area (TPSA) is 20.3 Å². The lowest BCUT2D eigenvalue weighted by Crippen LogP contribution is -2.31.